The summed E-state index contributed by atoms with van der Waals surface area (Å²) in [6, 6.07) is 8.13. The predicted octanol–water partition coefficient (Wildman–Crippen LogP) is 7.13. The second kappa shape index (κ2) is 8.88. The van der Waals surface area contributed by atoms with E-state index in [0.29, 0.717) is 24.3 Å². The summed E-state index contributed by atoms with van der Waals surface area (Å²) in [5.41, 5.74) is -4.35. The lowest BCUT2D eigenvalue weighted by atomic mass is 10.2. The van der Waals surface area contributed by atoms with E-state index in [1.807, 2.05) is 0 Å². The summed E-state index contributed by atoms with van der Waals surface area (Å²) in [7, 11) is 0. The van der Waals surface area contributed by atoms with Crippen LogP contribution in [0.25, 0.3) is 0 Å². The zero-order chi connectivity index (χ0) is 25.3. The molecule has 0 atom stereocenters. The molecule has 0 aromatic heterocycles. The first-order valence-corrected chi connectivity index (χ1v) is 8.93. The Morgan fingerprint density at radius 2 is 0.912 bits per heavy atom. The predicted molar refractivity (Wildman–Crippen MR) is 103 cm³/mol. The number of ether oxygens (including phenoxy) is 2. The lowest BCUT2D eigenvalue weighted by molar-refractivity contribution is -0.386. The van der Waals surface area contributed by atoms with Gasteiger partial charge in [0.1, 0.15) is 11.5 Å². The third kappa shape index (κ3) is 5.51. The van der Waals surface area contributed by atoms with Gasteiger partial charge in [0.05, 0.1) is 21.0 Å². The molecular weight excluding hydrogens is 478 g/mol. The average Bonchev–Trinajstić information content (AvgIpc) is 2.73. The third-order valence-electron chi connectivity index (χ3n) is 4.25. The van der Waals surface area contributed by atoms with Gasteiger partial charge in [-0.2, -0.15) is 26.3 Å². The fourth-order valence-corrected chi connectivity index (χ4v) is 2.68. The smallest absolute Gasteiger partial charge is 0.416 e. The van der Waals surface area contributed by atoms with E-state index in [2.05, 4.69) is 0 Å². The van der Waals surface area contributed by atoms with Gasteiger partial charge in [-0.1, -0.05) is 0 Å². The van der Waals surface area contributed by atoms with E-state index >= 15 is 0 Å². The summed E-state index contributed by atoms with van der Waals surface area (Å²) in [6.45, 7) is 0. The number of nitrogens with zero attached hydrogens (tertiary/aromatic N) is 2. The molecule has 14 heteroatoms. The van der Waals surface area contributed by atoms with E-state index in [-0.39, 0.29) is 11.5 Å². The fraction of sp³-hybridized carbons (Fsp3) is 0.100. The molecule has 0 aliphatic heterocycles. The van der Waals surface area contributed by atoms with Gasteiger partial charge >= 0.3 is 23.7 Å². The molecule has 3 aromatic rings. The Morgan fingerprint density at radius 1 is 0.588 bits per heavy atom. The highest BCUT2D eigenvalue weighted by Gasteiger charge is 2.34. The van der Waals surface area contributed by atoms with Crippen molar-refractivity contribution in [2.24, 2.45) is 0 Å². The van der Waals surface area contributed by atoms with E-state index in [1.165, 1.54) is 24.3 Å². The topological polar surface area (TPSA) is 105 Å². The molecule has 0 heterocycles. The first kappa shape index (κ1) is 24.3. The van der Waals surface area contributed by atoms with E-state index in [4.69, 9.17) is 9.47 Å². The maximum absolute atomic E-state index is 12.8. The first-order valence-electron chi connectivity index (χ1n) is 8.93. The van der Waals surface area contributed by atoms with Crippen molar-refractivity contribution in [3.8, 4) is 23.0 Å². The molecule has 0 aliphatic rings. The van der Waals surface area contributed by atoms with E-state index in [9.17, 15) is 46.6 Å². The molecule has 0 saturated heterocycles. The maximum atomic E-state index is 12.8. The van der Waals surface area contributed by atoms with Crippen molar-refractivity contribution in [2.45, 2.75) is 12.4 Å². The Bertz CT molecular complexity index is 1150. The number of alkyl halides is 6. The van der Waals surface area contributed by atoms with Gasteiger partial charge in [-0.15, -0.1) is 0 Å². The standard InChI is InChI=1S/C20H10F6N2O6/c21-19(22,23)11-1-7-17(15(9-11)27(29)30)33-13-3-5-14(6-4-13)34-18-8-2-12(20(24,25)26)10-16(18)28(31)32/h1-10H. The molecule has 0 amide bonds. The first-order chi connectivity index (χ1) is 15.8. The lowest BCUT2D eigenvalue weighted by Gasteiger charge is -2.11. The zero-order valence-electron chi connectivity index (χ0n) is 16.4. The summed E-state index contributed by atoms with van der Waals surface area (Å²) in [5, 5.41) is 22.3. The van der Waals surface area contributed by atoms with E-state index in [1.54, 1.807) is 0 Å². The largest absolute Gasteiger partial charge is 0.450 e. The zero-order valence-corrected chi connectivity index (χ0v) is 16.4. The summed E-state index contributed by atoms with van der Waals surface area (Å²) in [6.07, 6.45) is -9.60. The molecule has 0 saturated carbocycles. The highest BCUT2D eigenvalue weighted by molar-refractivity contribution is 5.53. The van der Waals surface area contributed by atoms with E-state index < -0.39 is 56.2 Å². The van der Waals surface area contributed by atoms with Crippen molar-refractivity contribution in [1.82, 2.24) is 0 Å². The second-order valence-corrected chi connectivity index (χ2v) is 6.55. The van der Waals surface area contributed by atoms with E-state index in [0.717, 1.165) is 12.1 Å². The van der Waals surface area contributed by atoms with Crippen LogP contribution in [-0.4, -0.2) is 9.85 Å². The molecule has 0 radical (unpaired) electrons. The summed E-state index contributed by atoms with van der Waals surface area (Å²) in [4.78, 5) is 20.2. The summed E-state index contributed by atoms with van der Waals surface area (Å²) >= 11 is 0. The summed E-state index contributed by atoms with van der Waals surface area (Å²) in [5.74, 6) is -1.08. The highest BCUT2D eigenvalue weighted by atomic mass is 19.4. The quantitative estimate of drug-likeness (QED) is 0.208. The molecule has 0 unspecified atom stereocenters. The molecular formula is C20H10F6N2O6. The van der Waals surface area contributed by atoms with Gasteiger partial charge in [-0.3, -0.25) is 20.2 Å². The van der Waals surface area contributed by atoms with Crippen LogP contribution in [0.15, 0.2) is 60.7 Å². The Kier molecular flexibility index (Phi) is 6.34. The van der Waals surface area contributed by atoms with Gasteiger partial charge in [0.2, 0.25) is 11.5 Å². The average molecular weight is 488 g/mol. The van der Waals surface area contributed by atoms with Crippen LogP contribution in [0.1, 0.15) is 11.1 Å². The van der Waals surface area contributed by atoms with Crippen molar-refractivity contribution < 1.29 is 45.7 Å². The SMILES string of the molecule is O=[N+]([O-])c1cc(C(F)(F)F)ccc1Oc1ccc(Oc2ccc(C(F)(F)F)cc2[N+](=O)[O-])cc1. The van der Waals surface area contributed by atoms with Crippen LogP contribution < -0.4 is 9.47 Å². The Hall–Kier alpha value is -4.36. The number of hydrogen-bond acceptors (Lipinski definition) is 6. The molecule has 178 valence electrons. The molecule has 34 heavy (non-hydrogen) atoms. The fourth-order valence-electron chi connectivity index (χ4n) is 2.68. The Labute approximate surface area is 185 Å². The maximum Gasteiger partial charge on any atom is 0.416 e. The second-order valence-electron chi connectivity index (χ2n) is 6.55. The van der Waals surface area contributed by atoms with Gasteiger partial charge in [-0.25, -0.2) is 0 Å². The van der Waals surface area contributed by atoms with Crippen molar-refractivity contribution in [2.75, 3.05) is 0 Å². The number of halogens is 6. The molecule has 8 nitrogen and oxygen atoms in total. The molecule has 0 aliphatic carbocycles. The number of hydrogen-bond donors (Lipinski definition) is 0. The van der Waals surface area contributed by atoms with Crippen LogP contribution in [0, 0.1) is 20.2 Å². The number of rotatable bonds is 6. The third-order valence-corrected chi connectivity index (χ3v) is 4.25. The van der Waals surface area contributed by atoms with Gasteiger partial charge in [0, 0.05) is 12.1 Å². The molecule has 3 rings (SSSR count). The highest BCUT2D eigenvalue weighted by Crippen LogP contribution is 2.40. The number of nitro benzene ring substituents is 2. The van der Waals surface area contributed by atoms with Crippen molar-refractivity contribution in [3.63, 3.8) is 0 Å². The van der Waals surface area contributed by atoms with Crippen LogP contribution in [-0.2, 0) is 12.4 Å². The monoisotopic (exact) mass is 488 g/mol. The molecule has 0 fully saturated rings. The minimum Gasteiger partial charge on any atom is -0.450 e. The van der Waals surface area contributed by atoms with Crippen LogP contribution in [0.3, 0.4) is 0 Å². The molecule has 3 aromatic carbocycles. The van der Waals surface area contributed by atoms with Crippen molar-refractivity contribution >= 4 is 11.4 Å². The normalized spacial score (nSPS) is 11.7. The van der Waals surface area contributed by atoms with Crippen molar-refractivity contribution in [1.29, 1.82) is 0 Å². The minimum atomic E-state index is -4.80. The van der Waals surface area contributed by atoms with Crippen LogP contribution >= 0.6 is 0 Å². The van der Waals surface area contributed by atoms with Gasteiger partial charge < -0.3 is 9.47 Å². The summed E-state index contributed by atoms with van der Waals surface area (Å²) < 4.78 is 87.3. The molecule has 0 N–H and O–H groups in total. The molecule has 0 bridgehead atoms. The van der Waals surface area contributed by atoms with Crippen LogP contribution in [0.2, 0.25) is 0 Å². The van der Waals surface area contributed by atoms with Gasteiger partial charge in [-0.05, 0) is 48.5 Å². The van der Waals surface area contributed by atoms with Gasteiger partial charge in [0.25, 0.3) is 0 Å². The van der Waals surface area contributed by atoms with Crippen LogP contribution in [0.4, 0.5) is 37.7 Å². The van der Waals surface area contributed by atoms with Gasteiger partial charge in [0.15, 0.2) is 0 Å². The Balaban J connectivity index is 1.83. The number of benzene rings is 3. The Morgan fingerprint density at radius 3 is 1.18 bits per heavy atom. The molecule has 0 spiro atoms. The lowest BCUT2D eigenvalue weighted by Crippen LogP contribution is -2.06. The van der Waals surface area contributed by atoms with Crippen molar-refractivity contribution in [3.05, 3.63) is 92.0 Å². The van der Waals surface area contributed by atoms with Crippen LogP contribution in [0.5, 0.6) is 23.0 Å². The minimum absolute atomic E-state index is 0.0582. The number of nitro groups is 2.